The molecule has 0 unspecified atom stereocenters. The van der Waals surface area contributed by atoms with Gasteiger partial charge in [-0.15, -0.1) is 0 Å². The Bertz CT molecular complexity index is 811. The number of rotatable bonds is 9. The highest BCUT2D eigenvalue weighted by Crippen LogP contribution is 2.27. The average molecular weight is 387 g/mol. The number of nitrogens with one attached hydrogen (secondary N) is 1. The summed E-state index contributed by atoms with van der Waals surface area (Å²) in [6.45, 7) is 4.88. The maximum Gasteiger partial charge on any atom is 0.273 e. The molecule has 0 atom stereocenters. The highest BCUT2D eigenvalue weighted by Gasteiger charge is 2.26. The predicted octanol–water partition coefficient (Wildman–Crippen LogP) is 3.78. The van der Waals surface area contributed by atoms with Crippen LogP contribution in [0.3, 0.4) is 0 Å². The number of hydrogen-bond donors (Lipinski definition) is 1. The van der Waals surface area contributed by atoms with E-state index in [9.17, 15) is 14.0 Å². The molecule has 1 aromatic heterocycles. The number of amides is 2. The smallest absolute Gasteiger partial charge is 0.273 e. The van der Waals surface area contributed by atoms with Gasteiger partial charge in [0.1, 0.15) is 5.82 Å². The first kappa shape index (κ1) is 20.0. The van der Waals surface area contributed by atoms with Crippen molar-refractivity contribution < 1.29 is 18.5 Å². The second-order valence-electron chi connectivity index (χ2n) is 7.24. The number of hydrogen-bond acceptors (Lipinski definition) is 4. The first-order chi connectivity index (χ1) is 13.5. The lowest BCUT2D eigenvalue weighted by Crippen LogP contribution is -2.39. The molecule has 28 heavy (non-hydrogen) atoms. The van der Waals surface area contributed by atoms with Crippen molar-refractivity contribution in [3.05, 3.63) is 53.2 Å². The standard InChI is InChI=1S/C21H26FN3O3/c1-3-17(4-2)25(21(27)15-7-9-16(22)10-8-15)13-18-11-19(24-28-18)20(26)23-12-14-5-6-14/h7-11,14,17H,3-6,12-13H2,1-2H3,(H,23,26). The van der Waals surface area contributed by atoms with Crippen LogP contribution in [0.1, 0.15) is 66.1 Å². The van der Waals surface area contributed by atoms with Crippen LogP contribution in [0.15, 0.2) is 34.9 Å². The SMILES string of the molecule is CCC(CC)N(Cc1cc(C(=O)NCC2CC2)no1)C(=O)c1ccc(F)cc1. The molecule has 0 saturated heterocycles. The number of aromatic nitrogens is 1. The van der Waals surface area contributed by atoms with Gasteiger partial charge in [0.2, 0.25) is 0 Å². The Hall–Kier alpha value is -2.70. The van der Waals surface area contributed by atoms with Crippen molar-refractivity contribution >= 4 is 11.8 Å². The third kappa shape index (κ3) is 4.97. The van der Waals surface area contributed by atoms with Gasteiger partial charge in [-0.3, -0.25) is 9.59 Å². The lowest BCUT2D eigenvalue weighted by molar-refractivity contribution is 0.0627. The molecule has 150 valence electrons. The molecule has 1 saturated carbocycles. The van der Waals surface area contributed by atoms with E-state index in [1.54, 1.807) is 11.0 Å². The van der Waals surface area contributed by atoms with Gasteiger partial charge >= 0.3 is 0 Å². The number of carbonyl (C=O) groups excluding carboxylic acids is 2. The minimum absolute atomic E-state index is 0.00482. The van der Waals surface area contributed by atoms with E-state index in [1.165, 1.54) is 24.3 Å². The van der Waals surface area contributed by atoms with Gasteiger partial charge in [0, 0.05) is 24.2 Å². The largest absolute Gasteiger partial charge is 0.359 e. The summed E-state index contributed by atoms with van der Waals surface area (Å²) in [6.07, 6.45) is 3.85. The van der Waals surface area contributed by atoms with Gasteiger partial charge in [0.05, 0.1) is 6.54 Å². The summed E-state index contributed by atoms with van der Waals surface area (Å²) in [6, 6.07) is 7.07. The summed E-state index contributed by atoms with van der Waals surface area (Å²) in [5.74, 6) is 0.168. The number of nitrogens with zero attached hydrogens (tertiary/aromatic N) is 2. The lowest BCUT2D eigenvalue weighted by Gasteiger charge is -2.29. The van der Waals surface area contributed by atoms with Gasteiger partial charge in [0.15, 0.2) is 11.5 Å². The van der Waals surface area contributed by atoms with Crippen LogP contribution in [0, 0.1) is 11.7 Å². The third-order valence-electron chi connectivity index (χ3n) is 5.10. The molecule has 1 aliphatic carbocycles. The van der Waals surface area contributed by atoms with Crippen LogP contribution in [0.2, 0.25) is 0 Å². The van der Waals surface area contributed by atoms with Crippen LogP contribution in [-0.2, 0) is 6.54 Å². The van der Waals surface area contributed by atoms with Crippen molar-refractivity contribution in [3.8, 4) is 0 Å². The van der Waals surface area contributed by atoms with E-state index >= 15 is 0 Å². The Morgan fingerprint density at radius 1 is 1.25 bits per heavy atom. The molecule has 7 heteroatoms. The van der Waals surface area contributed by atoms with E-state index in [1.807, 2.05) is 13.8 Å². The molecule has 0 spiro atoms. The van der Waals surface area contributed by atoms with Gasteiger partial charge in [0.25, 0.3) is 11.8 Å². The highest BCUT2D eigenvalue weighted by atomic mass is 19.1. The normalized spacial score (nSPS) is 13.6. The monoisotopic (exact) mass is 387 g/mol. The molecule has 6 nitrogen and oxygen atoms in total. The fourth-order valence-corrected chi connectivity index (χ4v) is 3.17. The van der Waals surface area contributed by atoms with Gasteiger partial charge < -0.3 is 14.7 Å². The molecule has 0 aliphatic heterocycles. The molecule has 3 rings (SSSR count). The summed E-state index contributed by atoms with van der Waals surface area (Å²) < 4.78 is 18.5. The molecule has 1 aromatic carbocycles. The molecule has 1 aliphatic rings. The van der Waals surface area contributed by atoms with Gasteiger partial charge in [-0.1, -0.05) is 19.0 Å². The molecule has 2 aromatic rings. The van der Waals surface area contributed by atoms with E-state index in [-0.39, 0.29) is 35.9 Å². The third-order valence-corrected chi connectivity index (χ3v) is 5.10. The molecule has 0 bridgehead atoms. The number of halogens is 1. The molecular weight excluding hydrogens is 361 g/mol. The predicted molar refractivity (Wildman–Crippen MR) is 102 cm³/mol. The maximum atomic E-state index is 13.2. The quantitative estimate of drug-likeness (QED) is 0.710. The molecule has 1 fully saturated rings. The molecule has 2 amide bonds. The summed E-state index contributed by atoms with van der Waals surface area (Å²) in [7, 11) is 0. The molecule has 1 heterocycles. The molecular formula is C21H26FN3O3. The van der Waals surface area contributed by atoms with Crippen molar-refractivity contribution in [1.29, 1.82) is 0 Å². The van der Waals surface area contributed by atoms with Crippen LogP contribution < -0.4 is 5.32 Å². The molecule has 0 radical (unpaired) electrons. The van der Waals surface area contributed by atoms with Crippen LogP contribution in [0.5, 0.6) is 0 Å². The van der Waals surface area contributed by atoms with Crippen molar-refractivity contribution in [1.82, 2.24) is 15.4 Å². The Morgan fingerprint density at radius 3 is 2.54 bits per heavy atom. The van der Waals surface area contributed by atoms with E-state index in [0.717, 1.165) is 25.7 Å². The lowest BCUT2D eigenvalue weighted by atomic mass is 10.1. The number of carbonyl (C=O) groups is 2. The second-order valence-corrected chi connectivity index (χ2v) is 7.24. The van der Waals surface area contributed by atoms with Crippen molar-refractivity contribution in [2.24, 2.45) is 5.92 Å². The van der Waals surface area contributed by atoms with Crippen LogP contribution in [-0.4, -0.2) is 34.5 Å². The summed E-state index contributed by atoms with van der Waals surface area (Å²) in [5.41, 5.74) is 0.629. The average Bonchev–Trinajstić information content (AvgIpc) is 3.42. The van der Waals surface area contributed by atoms with Gasteiger partial charge in [-0.25, -0.2) is 4.39 Å². The Labute approximate surface area is 164 Å². The topological polar surface area (TPSA) is 75.4 Å². The number of benzene rings is 1. The Balaban J connectivity index is 1.73. The zero-order valence-electron chi connectivity index (χ0n) is 16.3. The van der Waals surface area contributed by atoms with Crippen molar-refractivity contribution in [2.75, 3.05) is 6.54 Å². The van der Waals surface area contributed by atoms with Crippen molar-refractivity contribution in [2.45, 2.75) is 52.1 Å². The van der Waals surface area contributed by atoms with E-state index in [0.29, 0.717) is 23.8 Å². The molecule has 1 N–H and O–H groups in total. The van der Waals surface area contributed by atoms with E-state index in [4.69, 9.17) is 4.52 Å². The van der Waals surface area contributed by atoms with Crippen LogP contribution in [0.25, 0.3) is 0 Å². The Kier molecular flexibility index (Phi) is 6.44. The highest BCUT2D eigenvalue weighted by molar-refractivity contribution is 5.94. The minimum Gasteiger partial charge on any atom is -0.359 e. The zero-order valence-corrected chi connectivity index (χ0v) is 16.3. The van der Waals surface area contributed by atoms with Gasteiger partial charge in [-0.2, -0.15) is 0 Å². The minimum atomic E-state index is -0.386. The second kappa shape index (κ2) is 8.99. The fourth-order valence-electron chi connectivity index (χ4n) is 3.17. The van der Waals surface area contributed by atoms with Crippen LogP contribution >= 0.6 is 0 Å². The van der Waals surface area contributed by atoms with Gasteiger partial charge in [-0.05, 0) is 55.9 Å². The van der Waals surface area contributed by atoms with E-state index in [2.05, 4.69) is 10.5 Å². The maximum absolute atomic E-state index is 13.2. The fraction of sp³-hybridized carbons (Fsp3) is 0.476. The first-order valence-corrected chi connectivity index (χ1v) is 9.82. The Morgan fingerprint density at radius 2 is 1.93 bits per heavy atom. The first-order valence-electron chi connectivity index (χ1n) is 9.82. The van der Waals surface area contributed by atoms with E-state index < -0.39 is 0 Å². The summed E-state index contributed by atoms with van der Waals surface area (Å²) in [5, 5.41) is 6.70. The van der Waals surface area contributed by atoms with Crippen LogP contribution in [0.4, 0.5) is 4.39 Å². The summed E-state index contributed by atoms with van der Waals surface area (Å²) >= 11 is 0. The zero-order chi connectivity index (χ0) is 20.1. The summed E-state index contributed by atoms with van der Waals surface area (Å²) in [4.78, 5) is 26.9. The van der Waals surface area contributed by atoms with Crippen molar-refractivity contribution in [3.63, 3.8) is 0 Å².